The van der Waals surface area contributed by atoms with E-state index in [2.05, 4.69) is 35.5 Å². The van der Waals surface area contributed by atoms with Crippen molar-refractivity contribution >= 4 is 16.4 Å². The Morgan fingerprint density at radius 3 is 2.89 bits per heavy atom. The average Bonchev–Trinajstić information content (AvgIpc) is 3.39. The predicted octanol–water partition coefficient (Wildman–Crippen LogP) is 1.34. The standard InChI is InChI=1S/C16H13N9O2/c1-9-5-12(23-27-9)15-20-19-14-10-3-4-17-6-11(10)16(22-25(14)15)26-7-13-18-8-24(2)21-13/h3-6,8H,7H2,1-2H3. The number of aromatic nitrogens is 9. The Labute approximate surface area is 151 Å². The molecule has 5 aromatic heterocycles. The zero-order valence-corrected chi connectivity index (χ0v) is 14.4. The van der Waals surface area contributed by atoms with Crippen molar-refractivity contribution in [1.82, 2.24) is 44.7 Å². The van der Waals surface area contributed by atoms with Crippen molar-refractivity contribution in [3.63, 3.8) is 0 Å². The molecule has 11 heteroatoms. The van der Waals surface area contributed by atoms with E-state index in [0.717, 1.165) is 10.8 Å². The molecule has 0 saturated carbocycles. The van der Waals surface area contributed by atoms with E-state index in [1.54, 1.807) is 41.0 Å². The molecule has 0 aliphatic carbocycles. The highest BCUT2D eigenvalue weighted by atomic mass is 16.5. The highest BCUT2D eigenvalue weighted by molar-refractivity contribution is 5.96. The highest BCUT2D eigenvalue weighted by Gasteiger charge is 2.18. The first kappa shape index (κ1) is 15.4. The lowest BCUT2D eigenvalue weighted by atomic mass is 10.2. The van der Waals surface area contributed by atoms with Crippen molar-refractivity contribution in [3.8, 4) is 17.4 Å². The third-order valence-electron chi connectivity index (χ3n) is 3.97. The van der Waals surface area contributed by atoms with Crippen LogP contribution in [0.4, 0.5) is 0 Å². The monoisotopic (exact) mass is 363 g/mol. The molecular weight excluding hydrogens is 350 g/mol. The molecule has 0 bridgehead atoms. The van der Waals surface area contributed by atoms with Crippen LogP contribution in [-0.2, 0) is 13.7 Å². The molecule has 134 valence electrons. The molecule has 0 N–H and O–H groups in total. The lowest BCUT2D eigenvalue weighted by Gasteiger charge is -2.08. The van der Waals surface area contributed by atoms with E-state index >= 15 is 0 Å². The van der Waals surface area contributed by atoms with Gasteiger partial charge in [0.05, 0.1) is 5.39 Å². The number of fused-ring (bicyclic) bond motifs is 3. The first-order valence-electron chi connectivity index (χ1n) is 8.09. The van der Waals surface area contributed by atoms with E-state index in [4.69, 9.17) is 9.26 Å². The Morgan fingerprint density at radius 1 is 1.19 bits per heavy atom. The maximum Gasteiger partial charge on any atom is 0.241 e. The number of nitrogens with zero attached hydrogens (tertiary/aromatic N) is 9. The fourth-order valence-corrected chi connectivity index (χ4v) is 2.77. The van der Waals surface area contributed by atoms with Crippen LogP contribution >= 0.6 is 0 Å². The van der Waals surface area contributed by atoms with E-state index in [1.165, 1.54) is 0 Å². The van der Waals surface area contributed by atoms with Gasteiger partial charge >= 0.3 is 0 Å². The van der Waals surface area contributed by atoms with Gasteiger partial charge in [-0.3, -0.25) is 9.67 Å². The van der Waals surface area contributed by atoms with Gasteiger partial charge in [-0.2, -0.15) is 9.61 Å². The van der Waals surface area contributed by atoms with E-state index in [-0.39, 0.29) is 6.61 Å². The van der Waals surface area contributed by atoms with E-state index < -0.39 is 0 Å². The molecule has 0 aliphatic rings. The third-order valence-corrected chi connectivity index (χ3v) is 3.97. The minimum atomic E-state index is 0.171. The smallest absolute Gasteiger partial charge is 0.241 e. The van der Waals surface area contributed by atoms with Gasteiger partial charge < -0.3 is 9.26 Å². The molecule has 0 aromatic carbocycles. The summed E-state index contributed by atoms with van der Waals surface area (Å²) < 4.78 is 14.2. The van der Waals surface area contributed by atoms with Crippen LogP contribution in [0.25, 0.3) is 27.9 Å². The minimum absolute atomic E-state index is 0.171. The summed E-state index contributed by atoms with van der Waals surface area (Å²) in [6.45, 7) is 1.98. The van der Waals surface area contributed by atoms with Gasteiger partial charge in [-0.1, -0.05) is 5.16 Å². The third kappa shape index (κ3) is 2.56. The van der Waals surface area contributed by atoms with Gasteiger partial charge in [0.25, 0.3) is 0 Å². The van der Waals surface area contributed by atoms with Crippen molar-refractivity contribution < 1.29 is 9.26 Å². The number of hydrogen-bond donors (Lipinski definition) is 0. The van der Waals surface area contributed by atoms with Gasteiger partial charge in [0.15, 0.2) is 23.8 Å². The quantitative estimate of drug-likeness (QED) is 0.465. The summed E-state index contributed by atoms with van der Waals surface area (Å²) in [6, 6.07) is 3.61. The molecule has 0 fully saturated rings. The summed E-state index contributed by atoms with van der Waals surface area (Å²) in [5.41, 5.74) is 1.12. The zero-order valence-electron chi connectivity index (χ0n) is 14.4. The van der Waals surface area contributed by atoms with Crippen LogP contribution in [0.2, 0.25) is 0 Å². The average molecular weight is 363 g/mol. The number of ether oxygens (including phenoxy) is 1. The summed E-state index contributed by atoms with van der Waals surface area (Å²) in [5, 5.41) is 22.8. The summed E-state index contributed by atoms with van der Waals surface area (Å²) in [6.07, 6.45) is 4.97. The number of hydrogen-bond acceptors (Lipinski definition) is 9. The fourth-order valence-electron chi connectivity index (χ4n) is 2.77. The molecule has 0 atom stereocenters. The number of pyridine rings is 1. The lowest BCUT2D eigenvalue weighted by Crippen LogP contribution is -2.05. The Kier molecular flexibility index (Phi) is 3.32. The SMILES string of the molecule is Cc1cc(-c2nnc3c4ccncc4c(OCc4ncn(C)n4)nn23)no1. The second-order valence-electron chi connectivity index (χ2n) is 5.93. The topological polar surface area (TPSA) is 122 Å². The van der Waals surface area contributed by atoms with Gasteiger partial charge in [-0.15, -0.1) is 15.3 Å². The first-order valence-corrected chi connectivity index (χ1v) is 8.09. The van der Waals surface area contributed by atoms with Gasteiger partial charge in [-0.05, 0) is 13.0 Å². The van der Waals surface area contributed by atoms with Gasteiger partial charge in [0.1, 0.15) is 12.1 Å². The van der Waals surface area contributed by atoms with Crippen LogP contribution in [0.1, 0.15) is 11.6 Å². The van der Waals surface area contributed by atoms with Gasteiger partial charge in [-0.25, -0.2) is 4.98 Å². The van der Waals surface area contributed by atoms with Crippen LogP contribution in [0, 0.1) is 6.92 Å². The molecule has 0 amide bonds. The van der Waals surface area contributed by atoms with Gasteiger partial charge in [0, 0.05) is 30.9 Å². The van der Waals surface area contributed by atoms with Gasteiger partial charge in [0.2, 0.25) is 11.7 Å². The molecule has 5 aromatic rings. The van der Waals surface area contributed by atoms with Crippen LogP contribution in [0.15, 0.2) is 35.4 Å². The van der Waals surface area contributed by atoms with Crippen LogP contribution in [0.5, 0.6) is 5.88 Å². The van der Waals surface area contributed by atoms with Crippen molar-refractivity contribution in [2.45, 2.75) is 13.5 Å². The maximum atomic E-state index is 5.88. The van der Waals surface area contributed by atoms with E-state index in [9.17, 15) is 0 Å². The highest BCUT2D eigenvalue weighted by Crippen LogP contribution is 2.28. The van der Waals surface area contributed by atoms with Crippen LogP contribution in [-0.4, -0.2) is 44.7 Å². The molecule has 27 heavy (non-hydrogen) atoms. The van der Waals surface area contributed by atoms with Crippen molar-refractivity contribution in [2.75, 3.05) is 0 Å². The number of aryl methyl sites for hydroxylation is 2. The molecule has 0 aliphatic heterocycles. The fraction of sp³-hybridized carbons (Fsp3) is 0.188. The lowest BCUT2D eigenvalue weighted by molar-refractivity contribution is 0.283. The molecule has 5 rings (SSSR count). The largest absolute Gasteiger partial charge is 0.468 e. The molecule has 0 spiro atoms. The summed E-state index contributed by atoms with van der Waals surface area (Å²) in [7, 11) is 1.80. The summed E-state index contributed by atoms with van der Waals surface area (Å²) in [5.74, 6) is 2.05. The Morgan fingerprint density at radius 2 is 2.11 bits per heavy atom. The molecule has 0 saturated heterocycles. The van der Waals surface area contributed by atoms with Crippen molar-refractivity contribution in [2.24, 2.45) is 7.05 Å². The Balaban J connectivity index is 1.66. The molecular formula is C16H13N9O2. The Hall–Kier alpha value is -3.89. The van der Waals surface area contributed by atoms with Crippen molar-refractivity contribution in [1.29, 1.82) is 0 Å². The van der Waals surface area contributed by atoms with E-state index in [1.807, 2.05) is 13.0 Å². The Bertz CT molecular complexity index is 1270. The predicted molar refractivity (Wildman–Crippen MR) is 91.7 cm³/mol. The second-order valence-corrected chi connectivity index (χ2v) is 5.93. The zero-order chi connectivity index (χ0) is 18.4. The summed E-state index contributed by atoms with van der Waals surface area (Å²) >= 11 is 0. The maximum absolute atomic E-state index is 5.88. The molecule has 0 radical (unpaired) electrons. The first-order chi connectivity index (χ1) is 13.2. The van der Waals surface area contributed by atoms with E-state index in [0.29, 0.717) is 34.6 Å². The van der Waals surface area contributed by atoms with Crippen LogP contribution < -0.4 is 4.74 Å². The normalized spacial score (nSPS) is 11.5. The van der Waals surface area contributed by atoms with Crippen LogP contribution in [0.3, 0.4) is 0 Å². The molecule has 5 heterocycles. The molecule has 0 unspecified atom stereocenters. The number of rotatable bonds is 4. The molecule has 11 nitrogen and oxygen atoms in total. The van der Waals surface area contributed by atoms with Crippen molar-refractivity contribution in [3.05, 3.63) is 42.4 Å². The minimum Gasteiger partial charge on any atom is -0.468 e. The second kappa shape index (κ2) is 5.83. The summed E-state index contributed by atoms with van der Waals surface area (Å²) in [4.78, 5) is 8.33.